The van der Waals surface area contributed by atoms with E-state index in [1.54, 1.807) is 24.2 Å². The van der Waals surface area contributed by atoms with Crippen LogP contribution in [0.3, 0.4) is 0 Å². The predicted octanol–water partition coefficient (Wildman–Crippen LogP) is 1.51. The van der Waals surface area contributed by atoms with Crippen LogP contribution in [0.1, 0.15) is 6.92 Å². The van der Waals surface area contributed by atoms with Gasteiger partial charge < -0.3 is 4.90 Å². The van der Waals surface area contributed by atoms with Crippen molar-refractivity contribution in [1.82, 2.24) is 4.98 Å². The number of hydrogen-bond donors (Lipinski definition) is 1. The lowest BCUT2D eigenvalue weighted by Crippen LogP contribution is -2.21. The summed E-state index contributed by atoms with van der Waals surface area (Å²) in [5, 5.41) is 7.34. The summed E-state index contributed by atoms with van der Waals surface area (Å²) >= 11 is 0. The molecule has 1 heterocycles. The molecule has 0 aliphatic rings. The zero-order valence-electron chi connectivity index (χ0n) is 6.70. The van der Waals surface area contributed by atoms with Gasteiger partial charge in [-0.1, -0.05) is 0 Å². The maximum Gasteiger partial charge on any atom is 0.0968 e. The van der Waals surface area contributed by atoms with Crippen LogP contribution in [0.4, 0.5) is 5.69 Å². The minimum absolute atomic E-state index is 0.524. The topological polar surface area (TPSA) is 40.0 Å². The third-order valence-electron chi connectivity index (χ3n) is 1.55. The first-order valence-electron chi connectivity index (χ1n) is 3.40. The number of pyridine rings is 1. The number of nitrogens with zero attached hydrogens (tertiary/aromatic N) is 2. The first-order valence-corrected chi connectivity index (χ1v) is 3.40. The number of nitrogens with one attached hydrogen (secondary N) is 1. The number of anilines is 1. The molecular weight excluding hydrogens is 138 g/mol. The molecule has 0 bridgehead atoms. The Hall–Kier alpha value is -1.38. The van der Waals surface area contributed by atoms with E-state index in [1.165, 1.54) is 0 Å². The van der Waals surface area contributed by atoms with Crippen molar-refractivity contribution in [1.29, 1.82) is 5.41 Å². The molecule has 0 amide bonds. The molecule has 0 saturated heterocycles. The van der Waals surface area contributed by atoms with E-state index >= 15 is 0 Å². The summed E-state index contributed by atoms with van der Waals surface area (Å²) < 4.78 is 0. The zero-order valence-corrected chi connectivity index (χ0v) is 6.70. The molecule has 1 aromatic rings. The molecule has 0 aromatic carbocycles. The van der Waals surface area contributed by atoms with Gasteiger partial charge in [0.15, 0.2) is 0 Å². The van der Waals surface area contributed by atoms with Crippen molar-refractivity contribution in [3.05, 3.63) is 24.5 Å². The van der Waals surface area contributed by atoms with Crippen molar-refractivity contribution in [2.24, 2.45) is 0 Å². The highest BCUT2D eigenvalue weighted by atomic mass is 15.1. The van der Waals surface area contributed by atoms with Crippen LogP contribution in [-0.4, -0.2) is 17.9 Å². The molecule has 1 N–H and O–H groups in total. The van der Waals surface area contributed by atoms with E-state index in [9.17, 15) is 0 Å². The van der Waals surface area contributed by atoms with Crippen molar-refractivity contribution in [3.8, 4) is 0 Å². The van der Waals surface area contributed by atoms with E-state index in [1.807, 2.05) is 19.2 Å². The SMILES string of the molecule is CC(=N)N(C)c1ccncc1. The van der Waals surface area contributed by atoms with Gasteiger partial charge in [-0.05, 0) is 19.1 Å². The smallest absolute Gasteiger partial charge is 0.0968 e. The Kier molecular flexibility index (Phi) is 2.21. The standard InChI is InChI=1S/C8H11N3/c1-7(9)11(2)8-3-5-10-6-4-8/h3-6,9H,1-2H3. The summed E-state index contributed by atoms with van der Waals surface area (Å²) in [4.78, 5) is 5.68. The maximum atomic E-state index is 7.34. The van der Waals surface area contributed by atoms with Crippen LogP contribution in [0, 0.1) is 5.41 Å². The largest absolute Gasteiger partial charge is 0.334 e. The molecule has 3 heteroatoms. The number of amidine groups is 1. The van der Waals surface area contributed by atoms with Crippen LogP contribution in [0.15, 0.2) is 24.5 Å². The monoisotopic (exact) mass is 149 g/mol. The van der Waals surface area contributed by atoms with Crippen LogP contribution in [0.2, 0.25) is 0 Å². The van der Waals surface area contributed by atoms with E-state index in [2.05, 4.69) is 4.98 Å². The molecule has 0 aliphatic heterocycles. The highest BCUT2D eigenvalue weighted by Crippen LogP contribution is 2.08. The van der Waals surface area contributed by atoms with Crippen molar-refractivity contribution in [2.45, 2.75) is 6.92 Å². The summed E-state index contributed by atoms with van der Waals surface area (Å²) in [6.45, 7) is 1.75. The highest BCUT2D eigenvalue weighted by Gasteiger charge is 1.99. The molecule has 0 atom stereocenters. The lowest BCUT2D eigenvalue weighted by Gasteiger charge is -2.16. The maximum absolute atomic E-state index is 7.34. The molecule has 0 saturated carbocycles. The van der Waals surface area contributed by atoms with Crippen molar-refractivity contribution in [2.75, 3.05) is 11.9 Å². The van der Waals surface area contributed by atoms with Gasteiger partial charge in [0.25, 0.3) is 0 Å². The molecule has 0 radical (unpaired) electrons. The van der Waals surface area contributed by atoms with Crippen molar-refractivity contribution in [3.63, 3.8) is 0 Å². The van der Waals surface area contributed by atoms with Crippen LogP contribution in [-0.2, 0) is 0 Å². The Morgan fingerprint density at radius 1 is 1.45 bits per heavy atom. The van der Waals surface area contributed by atoms with Crippen molar-refractivity contribution < 1.29 is 0 Å². The van der Waals surface area contributed by atoms with E-state index < -0.39 is 0 Å². The van der Waals surface area contributed by atoms with Gasteiger partial charge in [-0.2, -0.15) is 0 Å². The lowest BCUT2D eigenvalue weighted by molar-refractivity contribution is 1.19. The number of aromatic nitrogens is 1. The minimum Gasteiger partial charge on any atom is -0.334 e. The van der Waals surface area contributed by atoms with E-state index in [0.29, 0.717) is 5.84 Å². The van der Waals surface area contributed by atoms with Crippen LogP contribution in [0.5, 0.6) is 0 Å². The van der Waals surface area contributed by atoms with Crippen LogP contribution < -0.4 is 4.90 Å². The van der Waals surface area contributed by atoms with Gasteiger partial charge in [0.05, 0.1) is 5.84 Å². The second-order valence-electron chi connectivity index (χ2n) is 2.35. The molecule has 0 spiro atoms. The Morgan fingerprint density at radius 2 is 2.00 bits per heavy atom. The fourth-order valence-corrected chi connectivity index (χ4v) is 0.761. The molecule has 58 valence electrons. The average Bonchev–Trinajstić information content (AvgIpc) is 2.05. The molecule has 1 aromatic heterocycles. The van der Waals surface area contributed by atoms with Gasteiger partial charge in [0.2, 0.25) is 0 Å². The third-order valence-corrected chi connectivity index (χ3v) is 1.55. The molecule has 3 nitrogen and oxygen atoms in total. The van der Waals surface area contributed by atoms with E-state index in [0.717, 1.165) is 5.69 Å². The van der Waals surface area contributed by atoms with Gasteiger partial charge >= 0.3 is 0 Å². The Balaban J connectivity index is 2.85. The molecule has 0 fully saturated rings. The Bertz CT molecular complexity index is 243. The fourth-order valence-electron chi connectivity index (χ4n) is 0.761. The second kappa shape index (κ2) is 3.14. The minimum atomic E-state index is 0.524. The summed E-state index contributed by atoms with van der Waals surface area (Å²) in [5.41, 5.74) is 0.993. The molecule has 0 aliphatic carbocycles. The van der Waals surface area contributed by atoms with Gasteiger partial charge in [-0.15, -0.1) is 0 Å². The van der Waals surface area contributed by atoms with Crippen molar-refractivity contribution >= 4 is 11.5 Å². The fraction of sp³-hybridized carbons (Fsp3) is 0.250. The summed E-state index contributed by atoms with van der Waals surface area (Å²) in [7, 11) is 1.86. The van der Waals surface area contributed by atoms with Crippen LogP contribution >= 0.6 is 0 Å². The molecule has 0 unspecified atom stereocenters. The second-order valence-corrected chi connectivity index (χ2v) is 2.35. The van der Waals surface area contributed by atoms with E-state index in [4.69, 9.17) is 5.41 Å². The van der Waals surface area contributed by atoms with Gasteiger partial charge in [0, 0.05) is 25.1 Å². The first kappa shape index (κ1) is 7.72. The molecule has 1 rings (SSSR count). The lowest BCUT2D eigenvalue weighted by atomic mass is 10.3. The summed E-state index contributed by atoms with van der Waals surface area (Å²) in [6, 6.07) is 3.75. The van der Waals surface area contributed by atoms with Crippen LogP contribution in [0.25, 0.3) is 0 Å². The van der Waals surface area contributed by atoms with Gasteiger partial charge in [-0.3, -0.25) is 10.4 Å². The third kappa shape index (κ3) is 1.77. The van der Waals surface area contributed by atoms with Gasteiger partial charge in [-0.25, -0.2) is 0 Å². The average molecular weight is 149 g/mol. The molecular formula is C8H11N3. The normalized spacial score (nSPS) is 9.27. The quantitative estimate of drug-likeness (QED) is 0.485. The summed E-state index contributed by atoms with van der Waals surface area (Å²) in [6.07, 6.45) is 3.43. The Labute approximate surface area is 66.2 Å². The number of hydrogen-bond acceptors (Lipinski definition) is 2. The first-order chi connectivity index (χ1) is 5.22. The zero-order chi connectivity index (χ0) is 8.27. The molecule has 11 heavy (non-hydrogen) atoms. The predicted molar refractivity (Wildman–Crippen MR) is 46.0 cm³/mol. The number of rotatable bonds is 1. The Morgan fingerprint density at radius 3 is 2.45 bits per heavy atom. The van der Waals surface area contributed by atoms with E-state index in [-0.39, 0.29) is 0 Å². The summed E-state index contributed by atoms with van der Waals surface area (Å²) in [5.74, 6) is 0.524. The van der Waals surface area contributed by atoms with Gasteiger partial charge in [0.1, 0.15) is 0 Å². The highest BCUT2D eigenvalue weighted by molar-refractivity contribution is 5.92.